The average Bonchev–Trinajstić information content (AvgIpc) is 2.92. The molecule has 1 aromatic heterocycles. The van der Waals surface area contributed by atoms with Gasteiger partial charge in [-0.2, -0.15) is 0 Å². The Morgan fingerprint density at radius 3 is 2.55 bits per heavy atom. The highest BCUT2D eigenvalue weighted by molar-refractivity contribution is 7.91. The lowest BCUT2D eigenvalue weighted by Gasteiger charge is -2.23. The van der Waals surface area contributed by atoms with Crippen LogP contribution in [-0.2, 0) is 10.0 Å². The van der Waals surface area contributed by atoms with Crippen molar-refractivity contribution in [2.45, 2.75) is 43.7 Å². The maximum Gasteiger partial charge on any atom is 0.252 e. The molecule has 0 aliphatic heterocycles. The van der Waals surface area contributed by atoms with Crippen molar-refractivity contribution >= 4 is 27.3 Å². The van der Waals surface area contributed by atoms with Gasteiger partial charge in [0.25, 0.3) is 5.91 Å². The summed E-state index contributed by atoms with van der Waals surface area (Å²) in [5.41, 5.74) is 1.01. The van der Waals surface area contributed by atoms with E-state index in [2.05, 4.69) is 12.2 Å². The first-order chi connectivity index (χ1) is 9.23. The van der Waals surface area contributed by atoms with Gasteiger partial charge in [0.1, 0.15) is 4.21 Å². The van der Waals surface area contributed by atoms with E-state index in [9.17, 15) is 13.2 Å². The van der Waals surface area contributed by atoms with Crippen LogP contribution in [0.4, 0.5) is 0 Å². The zero-order valence-electron chi connectivity index (χ0n) is 11.7. The van der Waals surface area contributed by atoms with E-state index >= 15 is 0 Å². The van der Waals surface area contributed by atoms with Crippen molar-refractivity contribution in [2.24, 2.45) is 10.6 Å². The molecule has 1 aliphatic carbocycles. The average molecular weight is 316 g/mol. The number of carbonyl (C=O) groups is 1. The lowest BCUT2D eigenvalue weighted by molar-refractivity contribution is 0.0934. The third-order valence-electron chi connectivity index (χ3n) is 3.98. The van der Waals surface area contributed by atoms with E-state index in [0.717, 1.165) is 24.2 Å². The molecule has 1 fully saturated rings. The number of amides is 1. The molecule has 20 heavy (non-hydrogen) atoms. The van der Waals surface area contributed by atoms with E-state index in [1.807, 2.05) is 0 Å². The van der Waals surface area contributed by atoms with Crippen LogP contribution in [0.2, 0.25) is 0 Å². The number of primary sulfonamides is 1. The van der Waals surface area contributed by atoms with Gasteiger partial charge in [0.05, 0.1) is 5.56 Å². The van der Waals surface area contributed by atoms with Gasteiger partial charge in [-0.05, 0) is 30.7 Å². The molecule has 1 amide bonds. The summed E-state index contributed by atoms with van der Waals surface area (Å²) in [5.74, 6) is -0.221. The Kier molecular flexibility index (Phi) is 4.22. The third kappa shape index (κ3) is 3.21. The number of hydrogen-bond donors (Lipinski definition) is 2. The number of carbonyl (C=O) groups excluding carboxylic acids is 1. The van der Waals surface area contributed by atoms with Crippen LogP contribution in [0.3, 0.4) is 0 Å². The molecule has 3 N–H and O–H groups in total. The second kappa shape index (κ2) is 5.46. The largest absolute Gasteiger partial charge is 0.351 e. The first-order valence-corrected chi connectivity index (χ1v) is 9.05. The number of hydrogen-bond acceptors (Lipinski definition) is 4. The Bertz CT molecular complexity index is 614. The van der Waals surface area contributed by atoms with Crippen molar-refractivity contribution in [3.8, 4) is 0 Å². The predicted molar refractivity (Wildman–Crippen MR) is 79.3 cm³/mol. The van der Waals surface area contributed by atoms with Crippen LogP contribution in [-0.4, -0.2) is 20.9 Å². The van der Waals surface area contributed by atoms with Crippen molar-refractivity contribution in [2.75, 3.05) is 6.54 Å². The monoisotopic (exact) mass is 316 g/mol. The molecule has 0 unspecified atom stereocenters. The van der Waals surface area contributed by atoms with Crippen molar-refractivity contribution < 1.29 is 13.2 Å². The molecule has 112 valence electrons. The van der Waals surface area contributed by atoms with Crippen molar-refractivity contribution in [3.05, 3.63) is 16.5 Å². The SMILES string of the molecule is Cc1c(C(=O)NCC2(C)CCCC2)csc1S(N)(=O)=O. The first-order valence-electron chi connectivity index (χ1n) is 6.62. The molecule has 0 spiro atoms. The Labute approximate surface area is 123 Å². The highest BCUT2D eigenvalue weighted by Gasteiger charge is 2.29. The van der Waals surface area contributed by atoms with Crippen LogP contribution in [0.5, 0.6) is 0 Å². The minimum absolute atomic E-state index is 0.0646. The molecular formula is C13H20N2O3S2. The van der Waals surface area contributed by atoms with E-state index in [1.54, 1.807) is 12.3 Å². The molecule has 2 rings (SSSR count). The molecule has 5 nitrogen and oxygen atoms in total. The van der Waals surface area contributed by atoms with Crippen LogP contribution in [0.1, 0.15) is 48.5 Å². The molecule has 0 atom stereocenters. The lowest BCUT2D eigenvalue weighted by atomic mass is 9.89. The molecule has 1 heterocycles. The van der Waals surface area contributed by atoms with Crippen LogP contribution in [0, 0.1) is 12.3 Å². The van der Waals surface area contributed by atoms with E-state index in [-0.39, 0.29) is 15.5 Å². The first kappa shape index (κ1) is 15.5. The van der Waals surface area contributed by atoms with Gasteiger partial charge in [0.15, 0.2) is 0 Å². The van der Waals surface area contributed by atoms with Crippen molar-refractivity contribution in [1.29, 1.82) is 0 Å². The highest BCUT2D eigenvalue weighted by atomic mass is 32.2. The quantitative estimate of drug-likeness (QED) is 0.890. The summed E-state index contributed by atoms with van der Waals surface area (Å²) in [6, 6.07) is 0. The Hall–Kier alpha value is -0.920. The fourth-order valence-corrected chi connectivity index (χ4v) is 4.71. The maximum atomic E-state index is 12.2. The van der Waals surface area contributed by atoms with E-state index < -0.39 is 10.0 Å². The van der Waals surface area contributed by atoms with Gasteiger partial charge in [0.2, 0.25) is 10.0 Å². The van der Waals surface area contributed by atoms with E-state index in [0.29, 0.717) is 17.7 Å². The van der Waals surface area contributed by atoms with Crippen LogP contribution >= 0.6 is 11.3 Å². The number of rotatable bonds is 4. The van der Waals surface area contributed by atoms with Gasteiger partial charge in [-0.1, -0.05) is 19.8 Å². The van der Waals surface area contributed by atoms with Gasteiger partial charge < -0.3 is 5.32 Å². The van der Waals surface area contributed by atoms with Gasteiger partial charge in [-0.3, -0.25) is 4.79 Å². The van der Waals surface area contributed by atoms with Crippen LogP contribution < -0.4 is 10.5 Å². The smallest absolute Gasteiger partial charge is 0.252 e. The maximum absolute atomic E-state index is 12.2. The summed E-state index contributed by atoms with van der Waals surface area (Å²) in [5, 5.41) is 9.59. The molecule has 1 saturated carbocycles. The number of nitrogens with two attached hydrogens (primary N) is 1. The minimum atomic E-state index is -3.75. The molecule has 0 aromatic carbocycles. The zero-order chi connectivity index (χ0) is 15.0. The summed E-state index contributed by atoms with van der Waals surface area (Å²) in [4.78, 5) is 12.2. The summed E-state index contributed by atoms with van der Waals surface area (Å²) in [6.07, 6.45) is 4.66. The molecule has 0 saturated heterocycles. The van der Waals surface area contributed by atoms with Crippen molar-refractivity contribution in [1.82, 2.24) is 5.32 Å². The molecular weight excluding hydrogens is 296 g/mol. The third-order valence-corrected chi connectivity index (χ3v) is 6.67. The molecule has 0 radical (unpaired) electrons. The van der Waals surface area contributed by atoms with Gasteiger partial charge in [-0.25, -0.2) is 13.6 Å². The zero-order valence-corrected chi connectivity index (χ0v) is 13.4. The normalized spacial score (nSPS) is 18.1. The van der Waals surface area contributed by atoms with Gasteiger partial charge in [0, 0.05) is 11.9 Å². The number of nitrogens with one attached hydrogen (secondary N) is 1. The summed E-state index contributed by atoms with van der Waals surface area (Å²) < 4.78 is 22.8. The second-order valence-electron chi connectivity index (χ2n) is 5.81. The number of thiophene rings is 1. The molecule has 7 heteroatoms. The topological polar surface area (TPSA) is 89.3 Å². The standard InChI is InChI=1S/C13H20N2O3S2/c1-9-10(7-19-12(9)20(14,17)18)11(16)15-8-13(2)5-3-4-6-13/h7H,3-6,8H2,1-2H3,(H,15,16)(H2,14,17,18). The predicted octanol–water partition coefficient (Wildman–Crippen LogP) is 2.01. The van der Waals surface area contributed by atoms with Crippen molar-refractivity contribution in [3.63, 3.8) is 0 Å². The Balaban J connectivity index is 2.09. The summed E-state index contributed by atoms with van der Waals surface area (Å²) in [7, 11) is -3.75. The van der Waals surface area contributed by atoms with E-state index in [1.165, 1.54) is 12.8 Å². The van der Waals surface area contributed by atoms with Gasteiger partial charge in [-0.15, -0.1) is 11.3 Å². The van der Waals surface area contributed by atoms with Gasteiger partial charge >= 0.3 is 0 Å². The molecule has 1 aliphatic rings. The van der Waals surface area contributed by atoms with E-state index in [4.69, 9.17) is 5.14 Å². The highest BCUT2D eigenvalue weighted by Crippen LogP contribution is 2.36. The van der Waals surface area contributed by atoms with Crippen LogP contribution in [0.15, 0.2) is 9.59 Å². The van der Waals surface area contributed by atoms with Crippen LogP contribution in [0.25, 0.3) is 0 Å². The number of sulfonamides is 1. The fourth-order valence-electron chi connectivity index (χ4n) is 2.70. The summed E-state index contributed by atoms with van der Waals surface area (Å²) >= 11 is 0.995. The molecule has 0 bridgehead atoms. The second-order valence-corrected chi connectivity index (χ2v) is 8.44. The Morgan fingerprint density at radius 2 is 2.05 bits per heavy atom. The minimum Gasteiger partial charge on any atom is -0.351 e. The fraction of sp³-hybridized carbons (Fsp3) is 0.615. The molecule has 1 aromatic rings. The Morgan fingerprint density at radius 1 is 1.45 bits per heavy atom. The summed E-state index contributed by atoms with van der Waals surface area (Å²) in [6.45, 7) is 4.42. The lowest BCUT2D eigenvalue weighted by Crippen LogP contribution is -2.34.